The number of fused-ring (bicyclic) bond motifs is 3. The van der Waals surface area contributed by atoms with E-state index in [2.05, 4.69) is 59.0 Å². The fraction of sp³-hybridized carbons (Fsp3) is 0.581. The Morgan fingerprint density at radius 2 is 2.02 bits per heavy atom. The van der Waals surface area contributed by atoms with Crippen LogP contribution < -0.4 is 10.2 Å². The van der Waals surface area contributed by atoms with Gasteiger partial charge in [-0.3, -0.25) is 14.6 Å². The van der Waals surface area contributed by atoms with Crippen LogP contribution >= 0.6 is 0 Å². The number of rotatable bonds is 7. The molecule has 0 spiro atoms. The maximum Gasteiger partial charge on any atom is 0.241 e. The van der Waals surface area contributed by atoms with Crippen molar-refractivity contribution in [1.29, 1.82) is 0 Å². The minimum Gasteiger partial charge on any atom is -0.379 e. The van der Waals surface area contributed by atoms with Gasteiger partial charge < -0.3 is 15.0 Å². The molecule has 9 nitrogen and oxygen atoms in total. The molecule has 41 heavy (non-hydrogen) atoms. The number of ether oxygens (including phenoxy) is 1. The van der Waals surface area contributed by atoms with Gasteiger partial charge >= 0.3 is 0 Å². The van der Waals surface area contributed by atoms with Crippen LogP contribution in [0.3, 0.4) is 0 Å². The first-order chi connectivity index (χ1) is 19.8. The smallest absolute Gasteiger partial charge is 0.241 e. The maximum atomic E-state index is 14.2. The van der Waals surface area contributed by atoms with Crippen molar-refractivity contribution in [2.75, 3.05) is 57.4 Å². The highest BCUT2D eigenvalue weighted by molar-refractivity contribution is 5.98. The first kappa shape index (κ1) is 28.2. The van der Waals surface area contributed by atoms with E-state index in [0.29, 0.717) is 31.6 Å². The van der Waals surface area contributed by atoms with Crippen molar-refractivity contribution >= 4 is 17.2 Å². The van der Waals surface area contributed by atoms with Crippen LogP contribution in [0.15, 0.2) is 36.7 Å². The SMILES string of the molecule is CCC1(C)CN(C(=O)CN2C[C@@H](C)NC[C@@H]2CN2CCOC[C@H]2C)c2cc(Cc3ccc(F)cc3)c3ncnn3c21. The summed E-state index contributed by atoms with van der Waals surface area (Å²) in [6, 6.07) is 9.64. The summed E-state index contributed by atoms with van der Waals surface area (Å²) in [7, 11) is 0. The predicted molar refractivity (Wildman–Crippen MR) is 157 cm³/mol. The number of piperazine rings is 1. The summed E-state index contributed by atoms with van der Waals surface area (Å²) in [5.74, 6) is -0.140. The average molecular weight is 564 g/mol. The molecule has 3 aliphatic heterocycles. The molecular weight excluding hydrogens is 521 g/mol. The zero-order valence-corrected chi connectivity index (χ0v) is 24.6. The van der Waals surface area contributed by atoms with Crippen molar-refractivity contribution in [3.63, 3.8) is 0 Å². The van der Waals surface area contributed by atoms with E-state index in [1.165, 1.54) is 12.1 Å². The zero-order chi connectivity index (χ0) is 28.7. The van der Waals surface area contributed by atoms with E-state index in [4.69, 9.17) is 4.74 Å². The number of hydrogen-bond acceptors (Lipinski definition) is 7. The molecule has 1 unspecified atom stereocenters. The summed E-state index contributed by atoms with van der Waals surface area (Å²) < 4.78 is 21.2. The first-order valence-electron chi connectivity index (χ1n) is 15.0. The Kier molecular flexibility index (Phi) is 7.84. The van der Waals surface area contributed by atoms with Gasteiger partial charge in [-0.1, -0.05) is 26.0 Å². The molecule has 2 aromatic heterocycles. The Morgan fingerprint density at radius 1 is 1.22 bits per heavy atom. The lowest BCUT2D eigenvalue weighted by Crippen LogP contribution is -2.62. The Balaban J connectivity index is 1.30. The Bertz CT molecular complexity index is 1400. The number of amides is 1. The second-order valence-electron chi connectivity index (χ2n) is 12.4. The number of nitrogens with one attached hydrogen (secondary N) is 1. The van der Waals surface area contributed by atoms with Crippen LogP contribution in [-0.4, -0.2) is 101 Å². The van der Waals surface area contributed by atoms with Gasteiger partial charge in [-0.15, -0.1) is 0 Å². The average Bonchev–Trinajstić information content (AvgIpc) is 3.56. The molecule has 220 valence electrons. The van der Waals surface area contributed by atoms with Gasteiger partial charge in [0.05, 0.1) is 31.1 Å². The molecule has 1 N–H and O–H groups in total. The summed E-state index contributed by atoms with van der Waals surface area (Å²) in [5, 5.41) is 8.26. The van der Waals surface area contributed by atoms with E-state index < -0.39 is 0 Å². The lowest BCUT2D eigenvalue weighted by Gasteiger charge is -2.43. The zero-order valence-electron chi connectivity index (χ0n) is 24.6. The monoisotopic (exact) mass is 563 g/mol. The number of morpholine rings is 1. The normalized spacial score (nSPS) is 27.4. The van der Waals surface area contributed by atoms with Gasteiger partial charge in [-0.25, -0.2) is 13.9 Å². The molecule has 0 bridgehead atoms. The predicted octanol–water partition coefficient (Wildman–Crippen LogP) is 2.86. The van der Waals surface area contributed by atoms with Crippen molar-refractivity contribution in [2.24, 2.45) is 0 Å². The van der Waals surface area contributed by atoms with Crippen LogP contribution in [0, 0.1) is 5.82 Å². The number of benzene rings is 1. The largest absolute Gasteiger partial charge is 0.379 e. The molecule has 0 radical (unpaired) electrons. The van der Waals surface area contributed by atoms with Gasteiger partial charge in [0.1, 0.15) is 12.1 Å². The van der Waals surface area contributed by atoms with Crippen LogP contribution in [0.2, 0.25) is 0 Å². The van der Waals surface area contributed by atoms with Crippen molar-refractivity contribution in [3.8, 4) is 0 Å². The van der Waals surface area contributed by atoms with Gasteiger partial charge in [0.15, 0.2) is 5.65 Å². The van der Waals surface area contributed by atoms with Gasteiger partial charge in [0, 0.05) is 68.2 Å². The first-order valence-corrected chi connectivity index (χ1v) is 15.0. The number of halogens is 1. The van der Waals surface area contributed by atoms with Crippen molar-refractivity contribution in [2.45, 2.75) is 64.1 Å². The number of aromatic nitrogens is 3. The third-order valence-electron chi connectivity index (χ3n) is 9.37. The van der Waals surface area contributed by atoms with Gasteiger partial charge in [-0.05, 0) is 44.0 Å². The molecular formula is C31H42FN7O2. The van der Waals surface area contributed by atoms with Crippen LogP contribution in [0.25, 0.3) is 5.65 Å². The second kappa shape index (κ2) is 11.4. The number of anilines is 1. The minimum atomic E-state index is -0.255. The minimum absolute atomic E-state index is 0.116. The van der Waals surface area contributed by atoms with Crippen LogP contribution in [0.5, 0.6) is 0 Å². The lowest BCUT2D eigenvalue weighted by molar-refractivity contribution is -0.121. The highest BCUT2D eigenvalue weighted by Crippen LogP contribution is 2.44. The number of carbonyl (C=O) groups excluding carboxylic acids is 1. The van der Waals surface area contributed by atoms with E-state index in [-0.39, 0.29) is 23.2 Å². The van der Waals surface area contributed by atoms with Gasteiger partial charge in [-0.2, -0.15) is 5.10 Å². The van der Waals surface area contributed by atoms with Gasteiger partial charge in [0.2, 0.25) is 5.91 Å². The summed E-state index contributed by atoms with van der Waals surface area (Å²) in [4.78, 5) is 25.7. The lowest BCUT2D eigenvalue weighted by atomic mass is 9.85. The fourth-order valence-electron chi connectivity index (χ4n) is 6.73. The summed E-state index contributed by atoms with van der Waals surface area (Å²) in [5.41, 5.74) is 4.45. The van der Waals surface area contributed by atoms with Crippen LogP contribution in [-0.2, 0) is 21.4 Å². The van der Waals surface area contributed by atoms with E-state index >= 15 is 0 Å². The summed E-state index contributed by atoms with van der Waals surface area (Å²) >= 11 is 0. The topological polar surface area (TPSA) is 78.2 Å². The summed E-state index contributed by atoms with van der Waals surface area (Å²) in [6.45, 7) is 14.8. The molecule has 4 atom stereocenters. The summed E-state index contributed by atoms with van der Waals surface area (Å²) in [6.07, 6.45) is 3.04. The molecule has 1 amide bonds. The molecule has 5 heterocycles. The number of nitrogens with zero attached hydrogens (tertiary/aromatic N) is 6. The highest BCUT2D eigenvalue weighted by Gasteiger charge is 2.44. The molecule has 3 aliphatic rings. The van der Waals surface area contributed by atoms with Crippen molar-refractivity contribution in [3.05, 3.63) is 59.3 Å². The highest BCUT2D eigenvalue weighted by atomic mass is 19.1. The van der Waals surface area contributed by atoms with Gasteiger partial charge in [0.25, 0.3) is 0 Å². The Labute approximate surface area is 241 Å². The maximum absolute atomic E-state index is 14.2. The Hall–Kier alpha value is -2.92. The van der Waals surface area contributed by atoms with Crippen molar-refractivity contribution in [1.82, 2.24) is 29.7 Å². The fourth-order valence-corrected chi connectivity index (χ4v) is 6.73. The molecule has 0 saturated carbocycles. The van der Waals surface area contributed by atoms with Crippen LogP contribution in [0.1, 0.15) is 50.9 Å². The Morgan fingerprint density at radius 3 is 2.78 bits per heavy atom. The van der Waals surface area contributed by atoms with E-state index in [1.807, 2.05) is 9.42 Å². The quantitative estimate of drug-likeness (QED) is 0.474. The number of hydrogen-bond donors (Lipinski definition) is 1. The number of carbonyl (C=O) groups is 1. The van der Waals surface area contributed by atoms with E-state index in [0.717, 1.165) is 74.0 Å². The third-order valence-corrected chi connectivity index (χ3v) is 9.37. The third kappa shape index (κ3) is 5.50. The molecule has 2 fully saturated rings. The second-order valence-corrected chi connectivity index (χ2v) is 12.4. The van der Waals surface area contributed by atoms with Crippen LogP contribution in [0.4, 0.5) is 10.1 Å². The molecule has 1 aromatic carbocycles. The standard InChI is InChI=1S/C31H42FN7O2/c1-5-31(4)19-38(28(40)17-37-15-21(2)33-14-26(37)16-36-10-11-41-18-22(36)3)27-13-24(12-23-6-8-25(32)9-7-23)30-34-20-35-39(30)29(27)31/h6-9,13,20-22,26,33H,5,10-12,14-19H2,1-4H3/t21-,22-,26-,31?/m1/s1. The number of pyridine rings is 1. The molecule has 2 saturated heterocycles. The van der Waals surface area contributed by atoms with E-state index in [9.17, 15) is 9.18 Å². The van der Waals surface area contributed by atoms with Crippen molar-refractivity contribution < 1.29 is 13.9 Å². The molecule has 6 rings (SSSR count). The molecule has 3 aromatic rings. The van der Waals surface area contributed by atoms with E-state index in [1.54, 1.807) is 18.5 Å². The molecule has 10 heteroatoms. The molecule has 0 aliphatic carbocycles.